The maximum atomic E-state index is 15.0. The van der Waals surface area contributed by atoms with Crippen LogP contribution < -0.4 is 0 Å². The Kier molecular flexibility index (Phi) is 6.71. The minimum atomic E-state index is -0.786. The number of rotatable bonds is 6. The summed E-state index contributed by atoms with van der Waals surface area (Å²) in [6.07, 6.45) is 7.78. The van der Waals surface area contributed by atoms with Crippen molar-refractivity contribution >= 4 is 0 Å². The molecule has 0 bridgehead atoms. The zero-order chi connectivity index (χ0) is 21.8. The van der Waals surface area contributed by atoms with Gasteiger partial charge in [0.25, 0.3) is 0 Å². The normalized spacial score (nSPS) is 18.8. The second-order valence-electron chi connectivity index (χ2n) is 8.16. The third kappa shape index (κ3) is 4.67. The van der Waals surface area contributed by atoms with Gasteiger partial charge < -0.3 is 4.74 Å². The van der Waals surface area contributed by atoms with Crippen LogP contribution in [0, 0.1) is 11.6 Å². The maximum absolute atomic E-state index is 15.0. The molecular weight excluding hydrogens is 394 g/mol. The summed E-state index contributed by atoms with van der Waals surface area (Å²) < 4.78 is 35.9. The fraction of sp³-hybridized carbons (Fsp3) is 0.385. The SMILES string of the molecule is CCCc1ccc(-c2ccc(C3CCC(c4cnc(CC)nc4)OC3)c(F)c2F)cc1. The number of hydrogen-bond acceptors (Lipinski definition) is 3. The average molecular weight is 423 g/mol. The van der Waals surface area contributed by atoms with Gasteiger partial charge in [-0.05, 0) is 36.0 Å². The smallest absolute Gasteiger partial charge is 0.166 e. The lowest BCUT2D eigenvalue weighted by Crippen LogP contribution is -2.21. The van der Waals surface area contributed by atoms with E-state index in [1.165, 1.54) is 5.56 Å². The first-order chi connectivity index (χ1) is 15.1. The minimum Gasteiger partial charge on any atom is -0.373 e. The summed E-state index contributed by atoms with van der Waals surface area (Å²) in [5.74, 6) is -0.915. The molecule has 5 heteroatoms. The molecule has 0 radical (unpaired) electrons. The number of hydrogen-bond donors (Lipinski definition) is 0. The third-order valence-corrected chi connectivity index (χ3v) is 6.04. The van der Waals surface area contributed by atoms with Crippen molar-refractivity contribution in [2.75, 3.05) is 6.61 Å². The first-order valence-electron chi connectivity index (χ1n) is 11.1. The fourth-order valence-corrected chi connectivity index (χ4v) is 4.22. The van der Waals surface area contributed by atoms with Gasteiger partial charge in [0, 0.05) is 35.9 Å². The Morgan fingerprint density at radius 1 is 0.935 bits per heavy atom. The quantitative estimate of drug-likeness (QED) is 0.450. The molecule has 0 amide bonds. The van der Waals surface area contributed by atoms with Gasteiger partial charge in [-0.1, -0.05) is 56.7 Å². The highest BCUT2D eigenvalue weighted by Gasteiger charge is 2.28. The van der Waals surface area contributed by atoms with Gasteiger partial charge in [0.15, 0.2) is 11.6 Å². The number of benzene rings is 2. The Balaban J connectivity index is 1.47. The standard InChI is InChI=1S/C26H28F2N2O/c1-3-5-17-6-8-18(9-7-17)21-11-12-22(26(28)25(21)27)19-10-13-23(31-16-19)20-14-29-24(4-2)30-15-20/h6-9,11-12,14-15,19,23H,3-5,10,13,16H2,1-2H3. The van der Waals surface area contributed by atoms with E-state index >= 15 is 0 Å². The number of aromatic nitrogens is 2. The van der Waals surface area contributed by atoms with Crippen LogP contribution in [0.4, 0.5) is 8.78 Å². The lowest BCUT2D eigenvalue weighted by molar-refractivity contribution is 0.00122. The zero-order valence-electron chi connectivity index (χ0n) is 18.1. The lowest BCUT2D eigenvalue weighted by Gasteiger charge is -2.29. The molecule has 0 saturated carbocycles. The molecule has 2 aromatic carbocycles. The molecule has 1 aliphatic heterocycles. The highest BCUT2D eigenvalue weighted by Crippen LogP contribution is 2.38. The molecule has 4 rings (SSSR count). The van der Waals surface area contributed by atoms with Gasteiger partial charge in [-0.25, -0.2) is 18.7 Å². The lowest BCUT2D eigenvalue weighted by atomic mass is 9.88. The van der Waals surface area contributed by atoms with Crippen LogP contribution in [-0.4, -0.2) is 16.6 Å². The summed E-state index contributed by atoms with van der Waals surface area (Å²) in [7, 11) is 0. The van der Waals surface area contributed by atoms with E-state index in [-0.39, 0.29) is 12.0 Å². The minimum absolute atomic E-state index is 0.101. The Hall–Kier alpha value is -2.66. The van der Waals surface area contributed by atoms with Gasteiger partial charge in [0.1, 0.15) is 5.82 Å². The molecule has 2 atom stereocenters. The second-order valence-corrected chi connectivity index (χ2v) is 8.16. The van der Waals surface area contributed by atoms with Crippen molar-refractivity contribution < 1.29 is 13.5 Å². The van der Waals surface area contributed by atoms with Crippen molar-refractivity contribution in [3.8, 4) is 11.1 Å². The monoisotopic (exact) mass is 422 g/mol. The third-order valence-electron chi connectivity index (χ3n) is 6.04. The van der Waals surface area contributed by atoms with E-state index in [9.17, 15) is 8.78 Å². The molecule has 3 nitrogen and oxygen atoms in total. The maximum Gasteiger partial charge on any atom is 0.166 e. The van der Waals surface area contributed by atoms with Gasteiger partial charge in [-0.3, -0.25) is 0 Å². The largest absolute Gasteiger partial charge is 0.373 e. The van der Waals surface area contributed by atoms with E-state index in [0.29, 0.717) is 23.3 Å². The molecule has 1 aliphatic rings. The van der Waals surface area contributed by atoms with Gasteiger partial charge in [-0.15, -0.1) is 0 Å². The van der Waals surface area contributed by atoms with Crippen molar-refractivity contribution in [1.82, 2.24) is 9.97 Å². The van der Waals surface area contributed by atoms with Gasteiger partial charge in [0.2, 0.25) is 0 Å². The number of nitrogens with zero attached hydrogens (tertiary/aromatic N) is 2. The van der Waals surface area contributed by atoms with Gasteiger partial charge in [0.05, 0.1) is 12.7 Å². The zero-order valence-corrected chi connectivity index (χ0v) is 18.1. The van der Waals surface area contributed by atoms with E-state index in [1.807, 2.05) is 31.2 Å². The van der Waals surface area contributed by atoms with Gasteiger partial charge in [-0.2, -0.15) is 0 Å². The van der Waals surface area contributed by atoms with Crippen LogP contribution in [0.3, 0.4) is 0 Å². The predicted octanol–water partition coefficient (Wildman–Crippen LogP) is 6.57. The second kappa shape index (κ2) is 9.65. The van der Waals surface area contributed by atoms with Crippen molar-refractivity contribution in [2.24, 2.45) is 0 Å². The van der Waals surface area contributed by atoms with Crippen LogP contribution in [0.15, 0.2) is 48.8 Å². The number of aryl methyl sites for hydroxylation is 2. The Labute approximate surface area is 182 Å². The van der Waals surface area contributed by atoms with E-state index in [4.69, 9.17) is 4.74 Å². The number of halogens is 2. The Bertz CT molecular complexity index is 1010. The summed E-state index contributed by atoms with van der Waals surface area (Å²) in [5, 5.41) is 0. The van der Waals surface area contributed by atoms with Crippen molar-refractivity contribution in [1.29, 1.82) is 0 Å². The first-order valence-corrected chi connectivity index (χ1v) is 11.1. The predicted molar refractivity (Wildman–Crippen MR) is 118 cm³/mol. The topological polar surface area (TPSA) is 35.0 Å². The van der Waals surface area contributed by atoms with Crippen LogP contribution in [0.25, 0.3) is 11.1 Å². The summed E-state index contributed by atoms with van der Waals surface area (Å²) >= 11 is 0. The molecule has 3 aromatic rings. The van der Waals surface area contributed by atoms with Crippen molar-refractivity contribution in [3.63, 3.8) is 0 Å². The highest BCUT2D eigenvalue weighted by atomic mass is 19.2. The van der Waals surface area contributed by atoms with Crippen LogP contribution in [0.1, 0.15) is 67.6 Å². The molecular formula is C26H28F2N2O. The molecule has 0 N–H and O–H groups in total. The molecule has 0 aliphatic carbocycles. The summed E-state index contributed by atoms with van der Waals surface area (Å²) in [5.41, 5.74) is 3.52. The van der Waals surface area contributed by atoms with E-state index in [1.54, 1.807) is 24.5 Å². The summed E-state index contributed by atoms with van der Waals surface area (Å²) in [4.78, 5) is 8.66. The Morgan fingerprint density at radius 3 is 2.29 bits per heavy atom. The molecule has 1 aromatic heterocycles. The molecule has 31 heavy (non-hydrogen) atoms. The van der Waals surface area contributed by atoms with E-state index in [2.05, 4.69) is 16.9 Å². The van der Waals surface area contributed by atoms with Crippen LogP contribution in [-0.2, 0) is 17.6 Å². The molecule has 2 heterocycles. The van der Waals surface area contributed by atoms with E-state index in [0.717, 1.165) is 43.5 Å². The van der Waals surface area contributed by atoms with Crippen LogP contribution in [0.5, 0.6) is 0 Å². The van der Waals surface area contributed by atoms with Crippen molar-refractivity contribution in [2.45, 2.75) is 58.0 Å². The molecule has 162 valence electrons. The number of ether oxygens (including phenoxy) is 1. The van der Waals surface area contributed by atoms with E-state index < -0.39 is 11.6 Å². The molecule has 2 unspecified atom stereocenters. The first kappa shape index (κ1) is 21.6. The Morgan fingerprint density at radius 2 is 1.68 bits per heavy atom. The van der Waals surface area contributed by atoms with Crippen molar-refractivity contribution in [3.05, 3.63) is 82.9 Å². The molecule has 1 saturated heterocycles. The average Bonchev–Trinajstić information content (AvgIpc) is 2.82. The molecule has 1 fully saturated rings. The van der Waals surface area contributed by atoms with Gasteiger partial charge >= 0.3 is 0 Å². The summed E-state index contributed by atoms with van der Waals surface area (Å²) in [6, 6.07) is 11.1. The highest BCUT2D eigenvalue weighted by molar-refractivity contribution is 5.65. The van der Waals surface area contributed by atoms with Crippen LogP contribution in [0.2, 0.25) is 0 Å². The van der Waals surface area contributed by atoms with Crippen LogP contribution >= 0.6 is 0 Å². The fourth-order valence-electron chi connectivity index (χ4n) is 4.22. The summed E-state index contributed by atoms with van der Waals surface area (Å²) in [6.45, 7) is 4.48. The molecule has 0 spiro atoms.